The molecule has 1 heterocycles. The molecule has 1 aromatic rings. The van der Waals surface area contributed by atoms with Crippen LogP contribution in [0.3, 0.4) is 0 Å². The first kappa shape index (κ1) is 16.1. The zero-order chi connectivity index (χ0) is 17.4. The zero-order valence-electron chi connectivity index (χ0n) is 15.5. The quantitative estimate of drug-likeness (QED) is 0.769. The van der Waals surface area contributed by atoms with Crippen LogP contribution in [0.2, 0.25) is 0 Å². The van der Waals surface area contributed by atoms with E-state index >= 15 is 0 Å². The number of hydrogen-bond donors (Lipinski definition) is 1. The van der Waals surface area contributed by atoms with Crippen molar-refractivity contribution >= 4 is 6.29 Å². The summed E-state index contributed by atoms with van der Waals surface area (Å²) in [5.41, 5.74) is 1.76. The average molecular weight is 342 g/mol. The van der Waals surface area contributed by atoms with Crippen molar-refractivity contribution in [3.8, 4) is 0 Å². The summed E-state index contributed by atoms with van der Waals surface area (Å²) < 4.78 is 5.78. The van der Waals surface area contributed by atoms with E-state index in [0.29, 0.717) is 23.0 Å². The Balaban J connectivity index is 1.49. The Kier molecular flexibility index (Phi) is 3.36. The Morgan fingerprint density at radius 2 is 1.92 bits per heavy atom. The van der Waals surface area contributed by atoms with E-state index in [1.54, 1.807) is 0 Å². The third-order valence-corrected chi connectivity index (χ3v) is 9.05. The molecule has 3 unspecified atom stereocenters. The number of rotatable bonds is 1. The number of carbonyl (C=O) groups is 1. The van der Waals surface area contributed by atoms with Gasteiger partial charge in [-0.05, 0) is 91.1 Å². The number of hydrogen-bond acceptors (Lipinski definition) is 3. The maximum Gasteiger partial charge on any atom is 0.185 e. The lowest BCUT2D eigenvalue weighted by Gasteiger charge is -2.59. The maximum atomic E-state index is 11.1. The third kappa shape index (κ3) is 2.05. The summed E-state index contributed by atoms with van der Waals surface area (Å²) >= 11 is 0. The molecule has 3 saturated carbocycles. The number of aliphatic hydroxyl groups is 1. The molecule has 0 bridgehead atoms. The molecule has 0 aromatic carbocycles. The van der Waals surface area contributed by atoms with Crippen molar-refractivity contribution in [1.29, 1.82) is 0 Å². The molecule has 7 atom stereocenters. The molecule has 1 aromatic heterocycles. The monoisotopic (exact) mass is 342 g/mol. The predicted octanol–water partition coefficient (Wildman–Crippen LogP) is 4.41. The van der Waals surface area contributed by atoms with Crippen molar-refractivity contribution in [3.63, 3.8) is 0 Å². The second-order valence-electron chi connectivity index (χ2n) is 9.89. The molecular formula is C22H30O3. The molecule has 3 heteroatoms. The van der Waals surface area contributed by atoms with E-state index in [2.05, 4.69) is 13.8 Å². The van der Waals surface area contributed by atoms with Crippen molar-refractivity contribution in [2.24, 2.45) is 34.5 Å². The fraction of sp³-hybridized carbons (Fsp3) is 0.773. The summed E-state index contributed by atoms with van der Waals surface area (Å²) in [6.45, 7) is 4.87. The summed E-state index contributed by atoms with van der Waals surface area (Å²) in [6.07, 6.45) is 10.1. The van der Waals surface area contributed by atoms with Crippen LogP contribution in [0.5, 0.6) is 0 Å². The van der Waals surface area contributed by atoms with Gasteiger partial charge in [-0.2, -0.15) is 0 Å². The average Bonchev–Trinajstić information content (AvgIpc) is 3.12. The Labute approximate surface area is 150 Å². The van der Waals surface area contributed by atoms with Crippen molar-refractivity contribution in [2.75, 3.05) is 0 Å². The summed E-state index contributed by atoms with van der Waals surface area (Å²) in [6, 6.07) is 1.99. The molecule has 5 rings (SSSR count). The fourth-order valence-electron chi connectivity index (χ4n) is 7.62. The Morgan fingerprint density at radius 1 is 1.12 bits per heavy atom. The van der Waals surface area contributed by atoms with Crippen LogP contribution in [0, 0.1) is 34.5 Å². The second-order valence-corrected chi connectivity index (χ2v) is 9.89. The van der Waals surface area contributed by atoms with Gasteiger partial charge in [-0.3, -0.25) is 4.79 Å². The van der Waals surface area contributed by atoms with Crippen molar-refractivity contribution in [3.05, 3.63) is 23.2 Å². The van der Waals surface area contributed by atoms with Crippen LogP contribution in [0.15, 0.2) is 10.5 Å². The Bertz CT molecular complexity index is 706. The van der Waals surface area contributed by atoms with E-state index in [0.717, 1.165) is 43.1 Å². The molecule has 3 nitrogen and oxygen atoms in total. The number of aldehydes is 1. The third-order valence-electron chi connectivity index (χ3n) is 9.05. The standard InChI is InChI=1S/C22H30O3/c1-21-8-7-18-16(17(21)5-6-20(21)24)4-3-14-10-19-13(11-22(14,18)2)9-15(12-23)25-19/h9,12,14,16-18,20,24H,3-8,10-11H2,1-2H3/t14-,16?,17?,18?,20-,21-,22-/m0/s1. The molecule has 0 radical (unpaired) electrons. The molecule has 136 valence electrons. The normalized spacial score (nSPS) is 48.2. The van der Waals surface area contributed by atoms with Gasteiger partial charge in [0.2, 0.25) is 0 Å². The summed E-state index contributed by atoms with van der Waals surface area (Å²) in [5, 5.41) is 10.6. The van der Waals surface area contributed by atoms with E-state index in [4.69, 9.17) is 4.42 Å². The van der Waals surface area contributed by atoms with E-state index in [1.165, 1.54) is 37.7 Å². The van der Waals surface area contributed by atoms with Gasteiger partial charge in [-0.1, -0.05) is 13.8 Å². The molecule has 0 aliphatic heterocycles. The van der Waals surface area contributed by atoms with Crippen LogP contribution >= 0.6 is 0 Å². The van der Waals surface area contributed by atoms with Crippen molar-refractivity contribution < 1.29 is 14.3 Å². The molecule has 3 fully saturated rings. The van der Waals surface area contributed by atoms with Crippen LogP contribution in [0.1, 0.15) is 74.3 Å². The minimum Gasteiger partial charge on any atom is -0.458 e. The molecule has 25 heavy (non-hydrogen) atoms. The van der Waals surface area contributed by atoms with Gasteiger partial charge in [0.1, 0.15) is 5.76 Å². The number of fused-ring (bicyclic) bond motifs is 6. The summed E-state index contributed by atoms with van der Waals surface area (Å²) in [7, 11) is 0. The van der Waals surface area contributed by atoms with Gasteiger partial charge in [0.05, 0.1) is 6.10 Å². The highest BCUT2D eigenvalue weighted by molar-refractivity contribution is 5.71. The SMILES string of the molecule is C[C@]12CCC3C(CC[C@H]4Cc5oc(C=O)cc5C[C@]34C)C1CC[C@@H]2O. The minimum atomic E-state index is -0.0917. The highest BCUT2D eigenvalue weighted by atomic mass is 16.3. The van der Waals surface area contributed by atoms with Crippen LogP contribution in [-0.4, -0.2) is 17.5 Å². The van der Waals surface area contributed by atoms with Gasteiger partial charge in [-0.25, -0.2) is 0 Å². The molecule has 0 amide bonds. The molecule has 4 aliphatic rings. The van der Waals surface area contributed by atoms with Gasteiger partial charge in [0.25, 0.3) is 0 Å². The van der Waals surface area contributed by atoms with E-state index in [1.807, 2.05) is 6.07 Å². The molecule has 4 aliphatic carbocycles. The van der Waals surface area contributed by atoms with Gasteiger partial charge < -0.3 is 9.52 Å². The first-order valence-electron chi connectivity index (χ1n) is 10.2. The topological polar surface area (TPSA) is 50.4 Å². The molecule has 1 N–H and O–H groups in total. The minimum absolute atomic E-state index is 0.0917. The Morgan fingerprint density at radius 3 is 2.72 bits per heavy atom. The smallest absolute Gasteiger partial charge is 0.185 e. The Hall–Kier alpha value is -1.09. The van der Waals surface area contributed by atoms with Crippen LogP contribution < -0.4 is 0 Å². The second kappa shape index (κ2) is 5.22. The van der Waals surface area contributed by atoms with E-state index < -0.39 is 0 Å². The van der Waals surface area contributed by atoms with Gasteiger partial charge >= 0.3 is 0 Å². The van der Waals surface area contributed by atoms with E-state index in [-0.39, 0.29) is 11.5 Å². The first-order valence-corrected chi connectivity index (χ1v) is 10.2. The van der Waals surface area contributed by atoms with Gasteiger partial charge in [-0.15, -0.1) is 0 Å². The van der Waals surface area contributed by atoms with Crippen molar-refractivity contribution in [1.82, 2.24) is 0 Å². The number of aliphatic hydroxyl groups excluding tert-OH is 1. The maximum absolute atomic E-state index is 11.1. The van der Waals surface area contributed by atoms with Crippen LogP contribution in [-0.2, 0) is 12.8 Å². The largest absolute Gasteiger partial charge is 0.458 e. The van der Waals surface area contributed by atoms with Crippen LogP contribution in [0.25, 0.3) is 0 Å². The fourth-order valence-corrected chi connectivity index (χ4v) is 7.62. The number of furan rings is 1. The summed E-state index contributed by atoms with van der Waals surface area (Å²) in [4.78, 5) is 11.1. The molecular weight excluding hydrogens is 312 g/mol. The lowest BCUT2D eigenvalue weighted by atomic mass is 9.45. The van der Waals surface area contributed by atoms with Crippen LogP contribution in [0.4, 0.5) is 0 Å². The highest BCUT2D eigenvalue weighted by Gasteiger charge is 2.60. The lowest BCUT2D eigenvalue weighted by molar-refractivity contribution is -0.112. The predicted molar refractivity (Wildman–Crippen MR) is 95.4 cm³/mol. The van der Waals surface area contributed by atoms with Crippen molar-refractivity contribution in [2.45, 2.75) is 71.3 Å². The first-order chi connectivity index (χ1) is 12.0. The van der Waals surface area contributed by atoms with Gasteiger partial charge in [0, 0.05) is 6.42 Å². The molecule has 0 spiro atoms. The lowest BCUT2D eigenvalue weighted by Crippen LogP contribution is -2.54. The summed E-state index contributed by atoms with van der Waals surface area (Å²) in [5.74, 6) is 4.49. The zero-order valence-corrected chi connectivity index (χ0v) is 15.5. The highest BCUT2D eigenvalue weighted by Crippen LogP contribution is 2.65. The number of carbonyl (C=O) groups excluding carboxylic acids is 1. The van der Waals surface area contributed by atoms with E-state index in [9.17, 15) is 9.90 Å². The molecule has 0 saturated heterocycles. The van der Waals surface area contributed by atoms with Gasteiger partial charge in [0.15, 0.2) is 12.0 Å².